The Bertz CT molecular complexity index is 775. The smallest absolute Gasteiger partial charge is 0.238 e. The molecule has 1 heterocycles. The van der Waals surface area contributed by atoms with Crippen molar-refractivity contribution >= 4 is 23.2 Å². The Morgan fingerprint density at radius 3 is 2.79 bits per heavy atom. The van der Waals surface area contributed by atoms with E-state index in [1.807, 2.05) is 17.0 Å². The number of carbonyl (C=O) groups is 1. The summed E-state index contributed by atoms with van der Waals surface area (Å²) >= 11 is 5.95. The normalized spacial score (nSPS) is 10.2. The molecule has 0 saturated carbocycles. The van der Waals surface area contributed by atoms with Gasteiger partial charge in [0.2, 0.25) is 5.91 Å². The molecule has 0 fully saturated rings. The fourth-order valence-electron chi connectivity index (χ4n) is 2.13. The maximum atomic E-state index is 12.2. The molecule has 0 radical (unpaired) electrons. The molecular formula is C17H15ClN4O2. The summed E-state index contributed by atoms with van der Waals surface area (Å²) in [6, 6.07) is 12.3. The number of carbonyl (C=O) groups excluding carboxylic acids is 1. The van der Waals surface area contributed by atoms with Crippen molar-refractivity contribution in [3.63, 3.8) is 0 Å². The van der Waals surface area contributed by atoms with E-state index in [9.17, 15) is 4.79 Å². The third kappa shape index (κ3) is 5.13. The number of hydrogen-bond acceptors (Lipinski definition) is 5. The van der Waals surface area contributed by atoms with Gasteiger partial charge in [0.15, 0.2) is 0 Å². The Hall–Kier alpha value is -2.80. The number of benzene rings is 1. The van der Waals surface area contributed by atoms with Crippen LogP contribution >= 0.6 is 11.6 Å². The Labute approximate surface area is 144 Å². The highest BCUT2D eigenvalue weighted by Gasteiger charge is 2.13. The van der Waals surface area contributed by atoms with Crippen LogP contribution in [0, 0.1) is 22.7 Å². The van der Waals surface area contributed by atoms with Gasteiger partial charge in [0.05, 0.1) is 36.0 Å². The molecule has 122 valence electrons. The Morgan fingerprint density at radius 1 is 1.33 bits per heavy atom. The summed E-state index contributed by atoms with van der Waals surface area (Å²) in [6.45, 7) is 1.01. The van der Waals surface area contributed by atoms with E-state index >= 15 is 0 Å². The number of halogens is 1. The first-order valence-corrected chi connectivity index (χ1v) is 7.61. The summed E-state index contributed by atoms with van der Waals surface area (Å²) in [4.78, 5) is 14.0. The quantitative estimate of drug-likeness (QED) is 0.834. The monoisotopic (exact) mass is 342 g/mol. The van der Waals surface area contributed by atoms with Crippen molar-refractivity contribution in [3.05, 3.63) is 52.9 Å². The first kappa shape index (κ1) is 17.6. The highest BCUT2D eigenvalue weighted by atomic mass is 35.5. The fraction of sp³-hybridized carbons (Fsp3) is 0.235. The number of anilines is 1. The summed E-state index contributed by atoms with van der Waals surface area (Å²) in [5.74, 6) is 0.488. The molecule has 0 spiro atoms. The first-order valence-electron chi connectivity index (χ1n) is 7.23. The summed E-state index contributed by atoms with van der Waals surface area (Å²) in [7, 11) is 0. The van der Waals surface area contributed by atoms with Gasteiger partial charge in [0, 0.05) is 18.7 Å². The molecule has 0 aliphatic carbocycles. The first-order chi connectivity index (χ1) is 11.6. The molecule has 24 heavy (non-hydrogen) atoms. The van der Waals surface area contributed by atoms with Crippen molar-refractivity contribution < 1.29 is 9.21 Å². The van der Waals surface area contributed by atoms with Crippen LogP contribution in [0.25, 0.3) is 0 Å². The van der Waals surface area contributed by atoms with Crippen molar-refractivity contribution in [3.8, 4) is 12.1 Å². The van der Waals surface area contributed by atoms with E-state index in [4.69, 9.17) is 26.5 Å². The average Bonchev–Trinajstić information content (AvgIpc) is 3.05. The van der Waals surface area contributed by atoms with Crippen LogP contribution in [-0.2, 0) is 11.3 Å². The van der Waals surface area contributed by atoms with Gasteiger partial charge in [-0.2, -0.15) is 10.5 Å². The van der Waals surface area contributed by atoms with Gasteiger partial charge in [0.1, 0.15) is 11.8 Å². The summed E-state index contributed by atoms with van der Waals surface area (Å²) in [5, 5.41) is 20.6. The van der Waals surface area contributed by atoms with Crippen molar-refractivity contribution in [2.75, 3.05) is 18.4 Å². The zero-order valence-corrected chi connectivity index (χ0v) is 13.6. The minimum Gasteiger partial charge on any atom is -0.468 e. The van der Waals surface area contributed by atoms with Crippen molar-refractivity contribution in [1.82, 2.24) is 4.90 Å². The lowest BCUT2D eigenvalue weighted by molar-refractivity contribution is -0.117. The van der Waals surface area contributed by atoms with Crippen molar-refractivity contribution in [1.29, 1.82) is 10.5 Å². The van der Waals surface area contributed by atoms with Crippen LogP contribution in [0.2, 0.25) is 5.02 Å². The van der Waals surface area contributed by atoms with Gasteiger partial charge in [-0.25, -0.2) is 0 Å². The van der Waals surface area contributed by atoms with E-state index in [2.05, 4.69) is 11.4 Å². The Kier molecular flexibility index (Phi) is 6.39. The second-order valence-corrected chi connectivity index (χ2v) is 5.46. The number of nitrogens with one attached hydrogen (secondary N) is 1. The van der Waals surface area contributed by atoms with E-state index in [0.717, 1.165) is 5.76 Å². The highest BCUT2D eigenvalue weighted by Crippen LogP contribution is 2.20. The van der Waals surface area contributed by atoms with Gasteiger partial charge < -0.3 is 9.73 Å². The van der Waals surface area contributed by atoms with Gasteiger partial charge in [-0.3, -0.25) is 9.69 Å². The molecule has 1 amide bonds. The fourth-order valence-corrected chi connectivity index (χ4v) is 2.36. The van der Waals surface area contributed by atoms with Crippen LogP contribution in [0.4, 0.5) is 5.69 Å². The van der Waals surface area contributed by atoms with Crippen LogP contribution < -0.4 is 5.32 Å². The second-order valence-electron chi connectivity index (χ2n) is 5.05. The second kappa shape index (κ2) is 8.73. The molecule has 0 saturated heterocycles. The maximum absolute atomic E-state index is 12.2. The minimum atomic E-state index is -0.236. The molecule has 2 rings (SSSR count). The van der Waals surface area contributed by atoms with Crippen LogP contribution in [0.1, 0.15) is 17.7 Å². The van der Waals surface area contributed by atoms with E-state index in [1.165, 1.54) is 6.07 Å². The molecule has 1 aromatic carbocycles. The number of rotatable bonds is 7. The van der Waals surface area contributed by atoms with Gasteiger partial charge in [-0.05, 0) is 30.3 Å². The van der Waals surface area contributed by atoms with E-state index in [-0.39, 0.29) is 17.5 Å². The molecule has 1 N–H and O–H groups in total. The van der Waals surface area contributed by atoms with Crippen LogP contribution in [0.3, 0.4) is 0 Å². The molecule has 6 nitrogen and oxygen atoms in total. The molecule has 0 aliphatic heterocycles. The van der Waals surface area contributed by atoms with E-state index in [0.29, 0.717) is 30.8 Å². The molecule has 7 heteroatoms. The zero-order chi connectivity index (χ0) is 17.4. The van der Waals surface area contributed by atoms with Crippen molar-refractivity contribution in [2.24, 2.45) is 0 Å². The molecule has 0 atom stereocenters. The van der Waals surface area contributed by atoms with Crippen LogP contribution in [0.15, 0.2) is 41.0 Å². The number of amides is 1. The zero-order valence-electron chi connectivity index (χ0n) is 12.8. The van der Waals surface area contributed by atoms with Gasteiger partial charge >= 0.3 is 0 Å². The summed E-state index contributed by atoms with van der Waals surface area (Å²) in [5.41, 5.74) is 0.866. The molecule has 1 aromatic heterocycles. The van der Waals surface area contributed by atoms with Gasteiger partial charge in [-0.15, -0.1) is 0 Å². The van der Waals surface area contributed by atoms with Crippen LogP contribution in [0.5, 0.6) is 0 Å². The number of nitriles is 2. The third-order valence-corrected chi connectivity index (χ3v) is 3.55. The predicted octanol–water partition coefficient (Wildman–Crippen LogP) is 3.16. The molecule has 0 aliphatic rings. The molecule has 0 bridgehead atoms. The number of furan rings is 1. The molecule has 2 aromatic rings. The lowest BCUT2D eigenvalue weighted by Crippen LogP contribution is -2.33. The number of hydrogen-bond donors (Lipinski definition) is 1. The van der Waals surface area contributed by atoms with Crippen LogP contribution in [-0.4, -0.2) is 23.9 Å². The summed E-state index contributed by atoms with van der Waals surface area (Å²) < 4.78 is 5.28. The lowest BCUT2D eigenvalue weighted by atomic mass is 10.2. The Morgan fingerprint density at radius 2 is 2.17 bits per heavy atom. The maximum Gasteiger partial charge on any atom is 0.238 e. The minimum absolute atomic E-state index is 0.111. The predicted molar refractivity (Wildman–Crippen MR) is 89.0 cm³/mol. The van der Waals surface area contributed by atoms with E-state index < -0.39 is 0 Å². The average molecular weight is 343 g/mol. The van der Waals surface area contributed by atoms with Crippen molar-refractivity contribution in [2.45, 2.75) is 13.0 Å². The topological polar surface area (TPSA) is 93.1 Å². The third-order valence-electron chi connectivity index (χ3n) is 3.24. The van der Waals surface area contributed by atoms with Gasteiger partial charge in [0.25, 0.3) is 0 Å². The summed E-state index contributed by atoms with van der Waals surface area (Å²) in [6.07, 6.45) is 1.88. The molecular weight excluding hydrogens is 328 g/mol. The highest BCUT2D eigenvalue weighted by molar-refractivity contribution is 6.32. The van der Waals surface area contributed by atoms with E-state index in [1.54, 1.807) is 24.5 Å². The standard InChI is InChI=1S/C17H15ClN4O2/c18-16-9-14(5-4-13(16)10-20)21-17(23)12-22(7-2-6-19)11-15-3-1-8-24-15/h1,3-5,8-9H,2,7,11-12H2,(H,21,23). The lowest BCUT2D eigenvalue weighted by Gasteiger charge is -2.19. The SMILES string of the molecule is N#CCCN(CC(=O)Nc1ccc(C#N)c(Cl)c1)Cc1ccco1. The number of nitrogens with zero attached hydrogens (tertiary/aromatic N) is 3. The largest absolute Gasteiger partial charge is 0.468 e. The molecule has 0 unspecified atom stereocenters. The Balaban J connectivity index is 1.98. The van der Waals surface area contributed by atoms with Gasteiger partial charge in [-0.1, -0.05) is 11.6 Å².